The standard InChI is InChI=1S/C13H13N5O3/c1-17-12(20)16-10-9-8(4-13(10,17)21)18-6(5-14)2-3-7(18)11(19)15-9/h2-3,8-10,21H,4H2,1H3,(H,15,19)(H,16,20)/t8-,9-,10+,13+/m1/s1. The average molecular weight is 287 g/mol. The molecule has 4 atom stereocenters. The third-order valence-electron chi connectivity index (χ3n) is 4.84. The fourth-order valence-corrected chi connectivity index (χ4v) is 3.77. The van der Waals surface area contributed by atoms with Crippen molar-refractivity contribution in [3.05, 3.63) is 23.5 Å². The van der Waals surface area contributed by atoms with Crippen molar-refractivity contribution >= 4 is 11.9 Å². The predicted octanol–water partition coefficient (Wildman–Crippen LogP) is -0.871. The Labute approximate surface area is 119 Å². The van der Waals surface area contributed by atoms with Crippen LogP contribution in [0.25, 0.3) is 0 Å². The number of urea groups is 1. The highest BCUT2D eigenvalue weighted by molar-refractivity contribution is 5.94. The van der Waals surface area contributed by atoms with Gasteiger partial charge in [0.2, 0.25) is 0 Å². The molecule has 3 amide bonds. The zero-order valence-electron chi connectivity index (χ0n) is 11.2. The van der Waals surface area contributed by atoms with E-state index in [2.05, 4.69) is 16.7 Å². The lowest BCUT2D eigenvalue weighted by molar-refractivity contribution is -0.0561. The molecule has 1 saturated carbocycles. The number of amides is 3. The van der Waals surface area contributed by atoms with Crippen molar-refractivity contribution in [1.82, 2.24) is 20.1 Å². The molecule has 3 aliphatic rings. The first-order valence-electron chi connectivity index (χ1n) is 6.66. The van der Waals surface area contributed by atoms with Gasteiger partial charge in [-0.25, -0.2) is 4.79 Å². The minimum atomic E-state index is -1.36. The number of likely N-dealkylation sites (N-methyl/N-ethyl adjacent to an activating group) is 1. The fraction of sp³-hybridized carbons (Fsp3) is 0.462. The Kier molecular flexibility index (Phi) is 2.07. The van der Waals surface area contributed by atoms with Crippen LogP contribution in [0, 0.1) is 11.3 Å². The smallest absolute Gasteiger partial charge is 0.319 e. The van der Waals surface area contributed by atoms with Gasteiger partial charge in [-0.05, 0) is 12.1 Å². The second-order valence-electron chi connectivity index (χ2n) is 5.72. The Balaban J connectivity index is 1.85. The average Bonchev–Trinajstić information content (AvgIpc) is 3.06. The molecule has 1 aromatic rings. The first-order valence-corrected chi connectivity index (χ1v) is 6.66. The SMILES string of the molecule is CN1C(=O)N[C@H]2[C@@H]3NC(=O)c4ccc(C#N)n4[C@@H]3C[C@]21O. The molecule has 1 aliphatic carbocycles. The summed E-state index contributed by atoms with van der Waals surface area (Å²) in [4.78, 5) is 25.2. The van der Waals surface area contributed by atoms with Crippen LogP contribution in [0.5, 0.6) is 0 Å². The van der Waals surface area contributed by atoms with Gasteiger partial charge in [-0.15, -0.1) is 0 Å². The minimum absolute atomic E-state index is 0.258. The van der Waals surface area contributed by atoms with Gasteiger partial charge in [0.05, 0.1) is 12.1 Å². The number of nitriles is 1. The highest BCUT2D eigenvalue weighted by atomic mass is 16.3. The van der Waals surface area contributed by atoms with E-state index in [4.69, 9.17) is 0 Å². The quantitative estimate of drug-likeness (QED) is 0.576. The summed E-state index contributed by atoms with van der Waals surface area (Å²) in [6.45, 7) is 0. The number of rotatable bonds is 0. The largest absolute Gasteiger partial charge is 0.368 e. The van der Waals surface area contributed by atoms with E-state index in [0.717, 1.165) is 0 Å². The number of fused-ring (bicyclic) bond motifs is 5. The van der Waals surface area contributed by atoms with Crippen molar-refractivity contribution in [3.63, 3.8) is 0 Å². The van der Waals surface area contributed by atoms with Crippen LogP contribution in [0.3, 0.4) is 0 Å². The fourth-order valence-electron chi connectivity index (χ4n) is 3.77. The molecule has 0 bridgehead atoms. The molecule has 8 heteroatoms. The maximum Gasteiger partial charge on any atom is 0.319 e. The van der Waals surface area contributed by atoms with E-state index in [1.165, 1.54) is 11.9 Å². The summed E-state index contributed by atoms with van der Waals surface area (Å²) in [5, 5.41) is 25.6. The summed E-state index contributed by atoms with van der Waals surface area (Å²) in [5.41, 5.74) is -0.573. The maximum atomic E-state index is 12.2. The van der Waals surface area contributed by atoms with Gasteiger partial charge in [-0.1, -0.05) is 0 Å². The summed E-state index contributed by atoms with van der Waals surface area (Å²) in [5.74, 6) is -0.300. The number of aliphatic hydroxyl groups is 1. The number of carbonyl (C=O) groups is 2. The summed E-state index contributed by atoms with van der Waals surface area (Å²) in [7, 11) is 1.52. The molecule has 1 aromatic heterocycles. The minimum Gasteiger partial charge on any atom is -0.368 e. The van der Waals surface area contributed by atoms with Crippen molar-refractivity contribution in [2.45, 2.75) is 30.3 Å². The van der Waals surface area contributed by atoms with Crippen molar-refractivity contribution < 1.29 is 14.7 Å². The number of hydrogen-bond donors (Lipinski definition) is 3. The molecule has 8 nitrogen and oxygen atoms in total. The van der Waals surface area contributed by atoms with Gasteiger partial charge < -0.3 is 20.3 Å². The highest BCUT2D eigenvalue weighted by Crippen LogP contribution is 2.45. The van der Waals surface area contributed by atoms with E-state index in [1.54, 1.807) is 16.7 Å². The molecule has 3 heterocycles. The molecular formula is C13H13N5O3. The molecule has 2 aliphatic heterocycles. The predicted molar refractivity (Wildman–Crippen MR) is 69.1 cm³/mol. The Morgan fingerprint density at radius 2 is 2.19 bits per heavy atom. The van der Waals surface area contributed by atoms with E-state index in [1.807, 2.05) is 0 Å². The van der Waals surface area contributed by atoms with Crippen molar-refractivity contribution in [2.75, 3.05) is 7.05 Å². The van der Waals surface area contributed by atoms with Crippen LogP contribution >= 0.6 is 0 Å². The van der Waals surface area contributed by atoms with Gasteiger partial charge in [0, 0.05) is 13.5 Å². The van der Waals surface area contributed by atoms with E-state index in [0.29, 0.717) is 11.4 Å². The third kappa shape index (κ3) is 1.27. The third-order valence-corrected chi connectivity index (χ3v) is 4.84. The van der Waals surface area contributed by atoms with Crippen LogP contribution in [-0.4, -0.2) is 51.4 Å². The Morgan fingerprint density at radius 3 is 2.90 bits per heavy atom. The van der Waals surface area contributed by atoms with Gasteiger partial charge in [0.15, 0.2) is 5.72 Å². The molecule has 108 valence electrons. The lowest BCUT2D eigenvalue weighted by Gasteiger charge is -2.32. The molecule has 3 N–H and O–H groups in total. The molecule has 2 fully saturated rings. The molecule has 0 aromatic carbocycles. The molecule has 4 rings (SSSR count). The van der Waals surface area contributed by atoms with Gasteiger partial charge in [-0.2, -0.15) is 5.26 Å². The second-order valence-corrected chi connectivity index (χ2v) is 5.72. The molecule has 0 spiro atoms. The molecule has 21 heavy (non-hydrogen) atoms. The zero-order valence-corrected chi connectivity index (χ0v) is 11.2. The van der Waals surface area contributed by atoms with E-state index in [-0.39, 0.29) is 24.4 Å². The van der Waals surface area contributed by atoms with E-state index >= 15 is 0 Å². The molecular weight excluding hydrogens is 274 g/mol. The van der Waals surface area contributed by atoms with Gasteiger partial charge >= 0.3 is 6.03 Å². The second kappa shape index (κ2) is 3.56. The van der Waals surface area contributed by atoms with Crippen LogP contribution in [0.4, 0.5) is 4.79 Å². The summed E-state index contributed by atoms with van der Waals surface area (Å²) in [6.07, 6.45) is 0.258. The molecule has 1 saturated heterocycles. The highest BCUT2D eigenvalue weighted by Gasteiger charge is 2.63. The topological polar surface area (TPSA) is 110 Å². The summed E-state index contributed by atoms with van der Waals surface area (Å²) < 4.78 is 1.67. The number of carbonyl (C=O) groups excluding carboxylic acids is 2. The van der Waals surface area contributed by atoms with Crippen molar-refractivity contribution in [1.29, 1.82) is 5.26 Å². The van der Waals surface area contributed by atoms with Crippen LogP contribution in [0.1, 0.15) is 28.6 Å². The van der Waals surface area contributed by atoms with E-state index in [9.17, 15) is 20.0 Å². The van der Waals surface area contributed by atoms with Gasteiger partial charge in [0.1, 0.15) is 23.5 Å². The first kappa shape index (κ1) is 12.2. The van der Waals surface area contributed by atoms with Gasteiger partial charge in [-0.3, -0.25) is 9.69 Å². The lowest BCUT2D eigenvalue weighted by Crippen LogP contribution is -2.56. The van der Waals surface area contributed by atoms with Crippen LogP contribution in [0.15, 0.2) is 12.1 Å². The Bertz CT molecular complexity index is 720. The number of hydrogen-bond acceptors (Lipinski definition) is 4. The normalized spacial score (nSPS) is 36.4. The lowest BCUT2D eigenvalue weighted by atomic mass is 10.1. The monoisotopic (exact) mass is 287 g/mol. The molecule has 0 radical (unpaired) electrons. The van der Waals surface area contributed by atoms with E-state index < -0.39 is 17.8 Å². The maximum absolute atomic E-state index is 12.2. The van der Waals surface area contributed by atoms with Crippen LogP contribution < -0.4 is 10.6 Å². The first-order chi connectivity index (χ1) is 9.97. The molecule has 0 unspecified atom stereocenters. The number of nitrogens with one attached hydrogen (secondary N) is 2. The Hall–Kier alpha value is -2.53. The Morgan fingerprint density at radius 1 is 1.43 bits per heavy atom. The number of nitrogens with zero attached hydrogens (tertiary/aromatic N) is 3. The van der Waals surface area contributed by atoms with Crippen molar-refractivity contribution in [3.8, 4) is 6.07 Å². The van der Waals surface area contributed by atoms with Crippen LogP contribution in [-0.2, 0) is 0 Å². The van der Waals surface area contributed by atoms with Crippen LogP contribution in [0.2, 0.25) is 0 Å². The summed E-state index contributed by atoms with van der Waals surface area (Å²) >= 11 is 0. The van der Waals surface area contributed by atoms with Crippen molar-refractivity contribution in [2.24, 2.45) is 0 Å². The van der Waals surface area contributed by atoms with Gasteiger partial charge in [0.25, 0.3) is 5.91 Å². The number of aromatic nitrogens is 1. The summed E-state index contributed by atoms with van der Waals surface area (Å²) in [6, 6.07) is 3.60. The zero-order chi connectivity index (χ0) is 14.9.